The lowest BCUT2D eigenvalue weighted by molar-refractivity contribution is 0.102. The number of hydrogen-bond donors (Lipinski definition) is 2. The summed E-state index contributed by atoms with van der Waals surface area (Å²) >= 11 is 6.23. The second kappa shape index (κ2) is 8.90. The molecule has 3 rings (SSSR count). The van der Waals surface area contributed by atoms with Crippen molar-refractivity contribution in [3.63, 3.8) is 0 Å². The topological polar surface area (TPSA) is 75.3 Å². The van der Waals surface area contributed by atoms with Crippen molar-refractivity contribution in [2.75, 3.05) is 10.0 Å². The van der Waals surface area contributed by atoms with Crippen LogP contribution in [0.5, 0.6) is 0 Å². The Labute approximate surface area is 182 Å². The molecule has 0 saturated heterocycles. The van der Waals surface area contributed by atoms with Crippen LogP contribution >= 0.6 is 11.6 Å². The molecule has 5 nitrogen and oxygen atoms in total. The highest BCUT2D eigenvalue weighted by Gasteiger charge is 2.18. The van der Waals surface area contributed by atoms with Gasteiger partial charge in [0, 0.05) is 11.4 Å². The molecule has 2 N–H and O–H groups in total. The lowest BCUT2D eigenvalue weighted by atomic mass is 10.0. The normalized spacial score (nSPS) is 11.4. The molecule has 7 heteroatoms. The SMILES string of the molecule is Cc1ccc(S(=O)(=O)Nc2ccc(Cl)c(C(=O)Nc3ccccc3C(C)C)c2)cc1. The maximum atomic E-state index is 12.9. The first-order valence-corrected chi connectivity index (χ1v) is 11.3. The summed E-state index contributed by atoms with van der Waals surface area (Å²) in [5, 5.41) is 3.11. The number of sulfonamides is 1. The van der Waals surface area contributed by atoms with Crippen LogP contribution in [0, 0.1) is 6.92 Å². The van der Waals surface area contributed by atoms with Gasteiger partial charge in [-0.3, -0.25) is 9.52 Å². The summed E-state index contributed by atoms with van der Waals surface area (Å²) in [6.45, 7) is 5.96. The largest absolute Gasteiger partial charge is 0.322 e. The maximum absolute atomic E-state index is 12.9. The summed E-state index contributed by atoms with van der Waals surface area (Å²) in [6.07, 6.45) is 0. The number of rotatable bonds is 6. The lowest BCUT2D eigenvalue weighted by Crippen LogP contribution is -2.16. The molecular weight excluding hydrogens is 420 g/mol. The van der Waals surface area contributed by atoms with Gasteiger partial charge in [0.25, 0.3) is 15.9 Å². The van der Waals surface area contributed by atoms with E-state index in [0.29, 0.717) is 5.69 Å². The number of carbonyl (C=O) groups excluding carboxylic acids is 1. The highest BCUT2D eigenvalue weighted by molar-refractivity contribution is 7.92. The Morgan fingerprint density at radius 1 is 0.967 bits per heavy atom. The van der Waals surface area contributed by atoms with Gasteiger partial charge in [-0.05, 0) is 54.8 Å². The molecule has 3 aromatic carbocycles. The molecule has 0 spiro atoms. The Kier molecular flexibility index (Phi) is 6.48. The zero-order valence-electron chi connectivity index (χ0n) is 16.9. The quantitative estimate of drug-likeness (QED) is 0.504. The second-order valence-corrected chi connectivity index (χ2v) is 9.40. The van der Waals surface area contributed by atoms with Crippen molar-refractivity contribution >= 4 is 38.9 Å². The zero-order valence-corrected chi connectivity index (χ0v) is 18.5. The van der Waals surface area contributed by atoms with E-state index in [2.05, 4.69) is 10.0 Å². The third-order valence-corrected chi connectivity index (χ3v) is 6.35. The molecule has 0 radical (unpaired) electrons. The number of hydrogen-bond acceptors (Lipinski definition) is 3. The highest BCUT2D eigenvalue weighted by Crippen LogP contribution is 2.27. The first kappa shape index (κ1) is 21.9. The van der Waals surface area contributed by atoms with Gasteiger partial charge in [-0.15, -0.1) is 0 Å². The Bertz CT molecular complexity index is 1170. The highest BCUT2D eigenvalue weighted by atomic mass is 35.5. The van der Waals surface area contributed by atoms with Crippen LogP contribution in [0.1, 0.15) is 41.3 Å². The minimum absolute atomic E-state index is 0.139. The van der Waals surface area contributed by atoms with Crippen molar-refractivity contribution in [3.8, 4) is 0 Å². The summed E-state index contributed by atoms with van der Waals surface area (Å²) in [7, 11) is -3.79. The number of amides is 1. The predicted octanol–water partition coefficient (Wildman–Crippen LogP) is 5.82. The molecule has 0 bridgehead atoms. The van der Waals surface area contributed by atoms with Crippen molar-refractivity contribution in [3.05, 3.63) is 88.4 Å². The van der Waals surface area contributed by atoms with Gasteiger partial charge in [0.15, 0.2) is 0 Å². The molecule has 1 amide bonds. The smallest absolute Gasteiger partial charge is 0.261 e. The first-order chi connectivity index (χ1) is 14.2. The molecule has 156 valence electrons. The molecule has 0 aromatic heterocycles. The van der Waals surface area contributed by atoms with E-state index in [1.54, 1.807) is 12.1 Å². The van der Waals surface area contributed by atoms with E-state index in [-0.39, 0.29) is 27.1 Å². The van der Waals surface area contributed by atoms with Crippen LogP contribution < -0.4 is 10.0 Å². The Morgan fingerprint density at radius 3 is 2.30 bits per heavy atom. The van der Waals surface area contributed by atoms with Gasteiger partial charge in [-0.2, -0.15) is 0 Å². The zero-order chi connectivity index (χ0) is 21.9. The molecule has 0 unspecified atom stereocenters. The number of para-hydroxylation sites is 1. The summed E-state index contributed by atoms with van der Waals surface area (Å²) in [5.74, 6) is -0.186. The molecule has 30 heavy (non-hydrogen) atoms. The number of nitrogens with one attached hydrogen (secondary N) is 2. The Morgan fingerprint density at radius 2 is 1.63 bits per heavy atom. The third-order valence-electron chi connectivity index (χ3n) is 4.63. The molecule has 3 aromatic rings. The van der Waals surface area contributed by atoms with Gasteiger partial charge >= 0.3 is 0 Å². The maximum Gasteiger partial charge on any atom is 0.261 e. The number of carbonyl (C=O) groups is 1. The molecule has 0 atom stereocenters. The number of anilines is 2. The first-order valence-electron chi connectivity index (χ1n) is 9.46. The van der Waals surface area contributed by atoms with Crippen molar-refractivity contribution in [1.29, 1.82) is 0 Å². The van der Waals surface area contributed by atoms with Crippen LogP contribution in [0.15, 0.2) is 71.6 Å². The lowest BCUT2D eigenvalue weighted by Gasteiger charge is -2.15. The van der Waals surface area contributed by atoms with E-state index in [9.17, 15) is 13.2 Å². The van der Waals surface area contributed by atoms with Crippen LogP contribution in [0.4, 0.5) is 11.4 Å². The van der Waals surface area contributed by atoms with Crippen LogP contribution in [-0.4, -0.2) is 14.3 Å². The molecular formula is C23H23ClN2O3S. The molecule has 0 fully saturated rings. The fourth-order valence-corrected chi connectivity index (χ4v) is 4.25. The van der Waals surface area contributed by atoms with Crippen molar-refractivity contribution in [2.45, 2.75) is 31.6 Å². The fourth-order valence-electron chi connectivity index (χ4n) is 3.00. The summed E-state index contributed by atoms with van der Waals surface area (Å²) in [4.78, 5) is 13.0. The number of aryl methyl sites for hydroxylation is 1. The van der Waals surface area contributed by atoms with Gasteiger partial charge in [-0.25, -0.2) is 8.42 Å². The van der Waals surface area contributed by atoms with E-state index < -0.39 is 15.9 Å². The molecule has 0 heterocycles. The van der Waals surface area contributed by atoms with Crippen LogP contribution in [0.25, 0.3) is 0 Å². The molecule has 0 saturated carbocycles. The second-order valence-electron chi connectivity index (χ2n) is 7.31. The van der Waals surface area contributed by atoms with E-state index in [1.807, 2.05) is 45.0 Å². The Balaban J connectivity index is 1.87. The molecule has 0 aliphatic rings. The van der Waals surface area contributed by atoms with Gasteiger partial charge in [-0.1, -0.05) is 61.3 Å². The van der Waals surface area contributed by atoms with E-state index in [0.717, 1.165) is 11.1 Å². The van der Waals surface area contributed by atoms with Crippen LogP contribution in [-0.2, 0) is 10.0 Å². The summed E-state index contributed by atoms with van der Waals surface area (Å²) < 4.78 is 27.8. The molecule has 0 aliphatic heterocycles. The van der Waals surface area contributed by atoms with Crippen molar-refractivity contribution in [1.82, 2.24) is 0 Å². The monoisotopic (exact) mass is 442 g/mol. The van der Waals surface area contributed by atoms with Gasteiger partial charge < -0.3 is 5.32 Å². The Hall–Kier alpha value is -2.83. The van der Waals surface area contributed by atoms with Gasteiger partial charge in [0.05, 0.1) is 15.5 Å². The number of benzene rings is 3. The van der Waals surface area contributed by atoms with Gasteiger partial charge in [0.1, 0.15) is 0 Å². The minimum Gasteiger partial charge on any atom is -0.322 e. The third kappa shape index (κ3) is 5.01. The van der Waals surface area contributed by atoms with E-state index in [4.69, 9.17) is 11.6 Å². The predicted molar refractivity (Wildman–Crippen MR) is 122 cm³/mol. The average Bonchev–Trinajstić information content (AvgIpc) is 2.69. The summed E-state index contributed by atoms with van der Waals surface area (Å²) in [5.41, 5.74) is 3.08. The summed E-state index contributed by atoms with van der Waals surface area (Å²) in [6, 6.07) is 18.5. The average molecular weight is 443 g/mol. The van der Waals surface area contributed by atoms with Crippen LogP contribution in [0.3, 0.4) is 0 Å². The minimum atomic E-state index is -3.79. The number of halogens is 1. The van der Waals surface area contributed by atoms with E-state index in [1.165, 1.54) is 30.3 Å². The fraction of sp³-hybridized carbons (Fsp3) is 0.174. The van der Waals surface area contributed by atoms with Crippen molar-refractivity contribution < 1.29 is 13.2 Å². The standard InChI is InChI=1S/C23H23ClN2O3S/c1-15(2)19-6-4-5-7-22(19)25-23(27)20-14-17(10-13-21(20)24)26-30(28,29)18-11-8-16(3)9-12-18/h4-15,26H,1-3H3,(H,25,27). The molecule has 0 aliphatic carbocycles. The van der Waals surface area contributed by atoms with Crippen LogP contribution in [0.2, 0.25) is 5.02 Å². The van der Waals surface area contributed by atoms with Crippen molar-refractivity contribution in [2.24, 2.45) is 0 Å². The van der Waals surface area contributed by atoms with Gasteiger partial charge in [0.2, 0.25) is 0 Å². The van der Waals surface area contributed by atoms with E-state index >= 15 is 0 Å².